The molecule has 3 N–H and O–H groups in total. The second kappa shape index (κ2) is 6.69. The van der Waals surface area contributed by atoms with Crippen molar-refractivity contribution in [3.8, 4) is 11.5 Å². The van der Waals surface area contributed by atoms with Gasteiger partial charge in [0.1, 0.15) is 11.9 Å². The van der Waals surface area contributed by atoms with Crippen molar-refractivity contribution in [1.29, 1.82) is 0 Å². The van der Waals surface area contributed by atoms with Gasteiger partial charge in [-0.15, -0.1) is 0 Å². The number of carboxylic acid groups (broad SMARTS) is 1. The number of nitrogens with zero attached hydrogens (tertiary/aromatic N) is 2. The van der Waals surface area contributed by atoms with E-state index >= 15 is 4.39 Å². The highest BCUT2D eigenvalue weighted by molar-refractivity contribution is 5.93. The standard InChI is InChI=1S/C20H21F2N3O5/c1-9-6-24(8-20(9,2)23)16-12(22)4-10-15(18(16)29-3)25(13-5-11(13)21)7-14(17(10)26)30-19(27)28/h4,7,11,13H,1,5-6,8,23H2,2-3H3,(H,27,28)/t11-,13+,20-/m0/s1. The van der Waals surface area contributed by atoms with Crippen molar-refractivity contribution >= 4 is 22.7 Å². The molecule has 1 aromatic heterocycles. The Morgan fingerprint density at radius 2 is 2.13 bits per heavy atom. The minimum Gasteiger partial charge on any atom is -0.492 e. The van der Waals surface area contributed by atoms with Crippen molar-refractivity contribution in [2.45, 2.75) is 31.1 Å². The van der Waals surface area contributed by atoms with Crippen LogP contribution in [0.4, 0.5) is 19.3 Å². The Balaban J connectivity index is 2.01. The summed E-state index contributed by atoms with van der Waals surface area (Å²) in [5.74, 6) is -1.26. The van der Waals surface area contributed by atoms with E-state index in [-0.39, 0.29) is 41.9 Å². The Bertz CT molecular complexity index is 1140. The molecule has 4 rings (SSSR count). The molecule has 30 heavy (non-hydrogen) atoms. The number of rotatable bonds is 4. The summed E-state index contributed by atoms with van der Waals surface area (Å²) in [5, 5.41) is 8.74. The normalized spacial score (nSPS) is 25.6. The molecule has 0 radical (unpaired) electrons. The van der Waals surface area contributed by atoms with Gasteiger partial charge in [0, 0.05) is 19.5 Å². The van der Waals surface area contributed by atoms with Gasteiger partial charge in [0.2, 0.25) is 5.43 Å². The summed E-state index contributed by atoms with van der Waals surface area (Å²) in [5.41, 5.74) is 5.59. The van der Waals surface area contributed by atoms with Crippen LogP contribution in [0.3, 0.4) is 0 Å². The van der Waals surface area contributed by atoms with Crippen LogP contribution >= 0.6 is 0 Å². The zero-order chi connectivity index (χ0) is 22.0. The molecule has 3 atom stereocenters. The zero-order valence-electron chi connectivity index (χ0n) is 16.4. The number of fused-ring (bicyclic) bond motifs is 1. The molecule has 0 spiro atoms. The van der Waals surface area contributed by atoms with Crippen molar-refractivity contribution in [2.24, 2.45) is 5.73 Å². The topological polar surface area (TPSA) is 107 Å². The van der Waals surface area contributed by atoms with E-state index in [2.05, 4.69) is 11.3 Å². The summed E-state index contributed by atoms with van der Waals surface area (Å²) in [6.07, 6.45) is -1.59. The van der Waals surface area contributed by atoms with E-state index in [4.69, 9.17) is 15.6 Å². The van der Waals surface area contributed by atoms with Gasteiger partial charge < -0.3 is 29.8 Å². The maximum atomic E-state index is 15.2. The molecule has 1 saturated carbocycles. The highest BCUT2D eigenvalue weighted by atomic mass is 19.1. The molecule has 0 amide bonds. The van der Waals surface area contributed by atoms with E-state index in [1.54, 1.807) is 11.8 Å². The molecular formula is C20H21F2N3O5. The van der Waals surface area contributed by atoms with Crippen LogP contribution in [0.2, 0.25) is 0 Å². The largest absolute Gasteiger partial charge is 0.511 e. The van der Waals surface area contributed by atoms with Gasteiger partial charge in [0.25, 0.3) is 0 Å². The Morgan fingerprint density at radius 1 is 1.47 bits per heavy atom. The first kappa shape index (κ1) is 20.1. The number of methoxy groups -OCH3 is 1. The van der Waals surface area contributed by atoms with Crippen molar-refractivity contribution in [1.82, 2.24) is 4.57 Å². The summed E-state index contributed by atoms with van der Waals surface area (Å²) in [6.45, 7) is 6.28. The van der Waals surface area contributed by atoms with Crippen LogP contribution in [-0.4, -0.2) is 47.7 Å². The number of halogens is 2. The highest BCUT2D eigenvalue weighted by Gasteiger charge is 2.42. The van der Waals surface area contributed by atoms with Gasteiger partial charge in [-0.25, -0.2) is 13.6 Å². The van der Waals surface area contributed by atoms with E-state index < -0.39 is 40.9 Å². The summed E-state index contributed by atoms with van der Waals surface area (Å²) in [6, 6.07) is 0.343. The molecule has 2 aliphatic rings. The SMILES string of the molecule is C=C1CN(c2c(F)cc3c(=O)c(OC(=O)O)cn([C@@H]4C[C@@H]4F)c3c2OC)C[C@]1(C)N. The summed E-state index contributed by atoms with van der Waals surface area (Å²) in [4.78, 5) is 25.4. The number of pyridine rings is 1. The molecule has 2 fully saturated rings. The molecule has 1 aliphatic heterocycles. The molecule has 160 valence electrons. The lowest BCUT2D eigenvalue weighted by Gasteiger charge is -2.25. The van der Waals surface area contributed by atoms with Gasteiger partial charge in [-0.2, -0.15) is 0 Å². The maximum Gasteiger partial charge on any atom is 0.511 e. The lowest BCUT2D eigenvalue weighted by atomic mass is 9.99. The predicted octanol–water partition coefficient (Wildman–Crippen LogP) is 2.58. The minimum absolute atomic E-state index is 0.0357. The fourth-order valence-corrected chi connectivity index (χ4v) is 3.91. The van der Waals surface area contributed by atoms with Gasteiger partial charge >= 0.3 is 6.16 Å². The first-order valence-electron chi connectivity index (χ1n) is 9.27. The second-order valence-corrected chi connectivity index (χ2v) is 7.93. The Hall–Kier alpha value is -3.14. The summed E-state index contributed by atoms with van der Waals surface area (Å²) < 4.78 is 40.6. The number of aromatic nitrogens is 1. The van der Waals surface area contributed by atoms with Crippen molar-refractivity contribution in [2.75, 3.05) is 25.1 Å². The fraction of sp³-hybridized carbons (Fsp3) is 0.400. The average Bonchev–Trinajstić information content (AvgIpc) is 3.31. The van der Waals surface area contributed by atoms with Gasteiger partial charge in [-0.1, -0.05) is 6.58 Å². The molecule has 0 bridgehead atoms. The van der Waals surface area contributed by atoms with Gasteiger partial charge in [-0.3, -0.25) is 4.79 Å². The molecule has 1 aromatic carbocycles. The van der Waals surface area contributed by atoms with Gasteiger partial charge in [-0.05, 0) is 18.6 Å². The minimum atomic E-state index is -1.70. The monoisotopic (exact) mass is 421 g/mol. The van der Waals surface area contributed by atoms with Crippen LogP contribution < -0.4 is 25.5 Å². The van der Waals surface area contributed by atoms with E-state index in [9.17, 15) is 14.0 Å². The summed E-state index contributed by atoms with van der Waals surface area (Å²) in [7, 11) is 1.32. The van der Waals surface area contributed by atoms with Crippen molar-refractivity contribution < 1.29 is 28.2 Å². The van der Waals surface area contributed by atoms with Crippen LogP contribution in [0.5, 0.6) is 11.5 Å². The molecule has 2 aromatic rings. The number of hydrogen-bond acceptors (Lipinski definition) is 6. The van der Waals surface area contributed by atoms with Crippen LogP contribution in [0.25, 0.3) is 10.9 Å². The van der Waals surface area contributed by atoms with Crippen LogP contribution in [-0.2, 0) is 0 Å². The number of alkyl halides is 1. The lowest BCUT2D eigenvalue weighted by molar-refractivity contribution is 0.143. The first-order valence-corrected chi connectivity index (χ1v) is 9.27. The van der Waals surface area contributed by atoms with Crippen LogP contribution in [0.1, 0.15) is 19.4 Å². The Morgan fingerprint density at radius 3 is 2.63 bits per heavy atom. The van der Waals surface area contributed by atoms with E-state index in [1.807, 2.05) is 0 Å². The third-order valence-corrected chi connectivity index (χ3v) is 5.63. The average molecular weight is 421 g/mol. The molecule has 2 heterocycles. The van der Waals surface area contributed by atoms with Crippen LogP contribution in [0, 0.1) is 5.82 Å². The van der Waals surface area contributed by atoms with E-state index in [0.717, 1.165) is 12.3 Å². The quantitative estimate of drug-likeness (QED) is 0.577. The smallest absolute Gasteiger partial charge is 0.492 e. The van der Waals surface area contributed by atoms with Crippen LogP contribution in [0.15, 0.2) is 29.2 Å². The maximum absolute atomic E-state index is 15.2. The Kier molecular flexibility index (Phi) is 4.50. The second-order valence-electron chi connectivity index (χ2n) is 7.93. The number of ether oxygens (including phenoxy) is 2. The lowest BCUT2D eigenvalue weighted by Crippen LogP contribution is -2.40. The van der Waals surface area contributed by atoms with E-state index in [1.165, 1.54) is 11.7 Å². The number of benzene rings is 1. The fourth-order valence-electron chi connectivity index (χ4n) is 3.91. The molecular weight excluding hydrogens is 400 g/mol. The third-order valence-electron chi connectivity index (χ3n) is 5.63. The molecule has 8 nitrogen and oxygen atoms in total. The first-order chi connectivity index (χ1) is 14.0. The molecule has 1 aliphatic carbocycles. The Labute approximate surface area is 170 Å². The van der Waals surface area contributed by atoms with Crippen molar-refractivity contribution in [3.05, 3.63) is 40.5 Å². The number of carbonyl (C=O) groups is 1. The van der Waals surface area contributed by atoms with Crippen molar-refractivity contribution in [3.63, 3.8) is 0 Å². The van der Waals surface area contributed by atoms with Gasteiger partial charge in [0.05, 0.1) is 35.8 Å². The predicted molar refractivity (Wildman–Crippen MR) is 106 cm³/mol. The zero-order valence-corrected chi connectivity index (χ0v) is 16.4. The number of nitrogens with two attached hydrogens (primary N) is 1. The van der Waals surface area contributed by atoms with E-state index in [0.29, 0.717) is 5.57 Å². The number of anilines is 1. The summed E-state index contributed by atoms with van der Waals surface area (Å²) >= 11 is 0. The molecule has 0 unspecified atom stereocenters. The van der Waals surface area contributed by atoms with Gasteiger partial charge in [0.15, 0.2) is 17.3 Å². The highest BCUT2D eigenvalue weighted by Crippen LogP contribution is 2.46. The third kappa shape index (κ3) is 3.07. The molecule has 1 saturated heterocycles. The number of hydrogen-bond donors (Lipinski definition) is 2. The molecule has 10 heteroatoms.